The Hall–Kier alpha value is -5.64. The third kappa shape index (κ3) is 13.2. The number of carbonyl (C=O) groups is 2. The largest absolute Gasteiger partial charge is 0.481 e. The maximum absolute atomic E-state index is 13.0. The van der Waals surface area contributed by atoms with E-state index in [-0.39, 0.29) is 23.0 Å². The summed E-state index contributed by atoms with van der Waals surface area (Å²) in [6.45, 7) is 7.51. The Balaban J connectivity index is 0.000000234. The van der Waals surface area contributed by atoms with Gasteiger partial charge in [0.2, 0.25) is 0 Å². The summed E-state index contributed by atoms with van der Waals surface area (Å²) in [6, 6.07) is 32.1. The molecule has 0 unspecified atom stereocenters. The third-order valence-corrected chi connectivity index (χ3v) is 15.2. The topological polar surface area (TPSA) is 168 Å². The summed E-state index contributed by atoms with van der Waals surface area (Å²) >= 11 is 0. The normalized spacial score (nSPS) is 16.2. The van der Waals surface area contributed by atoms with Crippen molar-refractivity contribution in [2.45, 2.75) is 62.4 Å². The van der Waals surface area contributed by atoms with Gasteiger partial charge in [-0.25, -0.2) is 16.8 Å². The monoisotopic (exact) mass is 882 g/mol. The first-order valence-electron chi connectivity index (χ1n) is 20.4. The molecular weight excluding hydrogens is 829 g/mol. The zero-order valence-electron chi connectivity index (χ0n) is 35.2. The van der Waals surface area contributed by atoms with Gasteiger partial charge in [0.05, 0.1) is 32.1 Å². The van der Waals surface area contributed by atoms with Crippen LogP contribution in [0.5, 0.6) is 11.5 Å². The highest BCUT2D eigenvalue weighted by atomic mass is 32.2. The Labute approximate surface area is 365 Å². The van der Waals surface area contributed by atoms with Gasteiger partial charge in [0.1, 0.15) is 24.7 Å². The standard InChI is InChI=1S/2C24H27NO5S/c2*1-2-3-17-30-21-9-11-22(12-10-21)31(28,29)19-24(23(26)27)13-15-25(16-14-24)18-20-7-5-4-6-8-20/h2*4-12H,13-19H2,1H3,(H,26,27). The van der Waals surface area contributed by atoms with Crippen LogP contribution in [0.1, 0.15) is 50.7 Å². The van der Waals surface area contributed by atoms with Gasteiger partial charge in [-0.15, -0.1) is 11.8 Å². The molecule has 14 heteroatoms. The number of ether oxygens (including phenoxy) is 2. The van der Waals surface area contributed by atoms with Crippen LogP contribution in [-0.2, 0) is 42.4 Å². The Bertz CT molecular complexity index is 2260. The van der Waals surface area contributed by atoms with Crippen LogP contribution in [0.25, 0.3) is 0 Å². The van der Waals surface area contributed by atoms with Gasteiger partial charge in [0, 0.05) is 13.1 Å². The minimum atomic E-state index is -3.76. The summed E-state index contributed by atoms with van der Waals surface area (Å²) in [5.41, 5.74) is -0.245. The summed E-state index contributed by atoms with van der Waals surface area (Å²) in [5.74, 6) is 9.11. The predicted molar refractivity (Wildman–Crippen MR) is 237 cm³/mol. The molecule has 0 atom stereocenters. The molecule has 0 saturated carbocycles. The second-order valence-electron chi connectivity index (χ2n) is 15.6. The maximum atomic E-state index is 13.0. The number of benzene rings is 4. The summed E-state index contributed by atoms with van der Waals surface area (Å²) in [6.07, 6.45) is 1.19. The van der Waals surface area contributed by atoms with Crippen LogP contribution in [0, 0.1) is 34.5 Å². The minimum Gasteiger partial charge on any atom is -0.481 e. The van der Waals surface area contributed by atoms with Gasteiger partial charge in [-0.1, -0.05) is 72.5 Å². The smallest absolute Gasteiger partial charge is 0.310 e. The van der Waals surface area contributed by atoms with Crippen molar-refractivity contribution in [3.8, 4) is 35.2 Å². The molecule has 0 spiro atoms. The van der Waals surface area contributed by atoms with Crippen molar-refractivity contribution in [2.75, 3.05) is 50.9 Å². The first-order chi connectivity index (χ1) is 29.7. The lowest BCUT2D eigenvalue weighted by Crippen LogP contribution is -2.47. The predicted octanol–water partition coefficient (Wildman–Crippen LogP) is 6.46. The number of piperidine rings is 2. The van der Waals surface area contributed by atoms with Crippen molar-refractivity contribution in [3.63, 3.8) is 0 Å². The SMILES string of the molecule is CC#CCOc1ccc(S(=O)(=O)CC2(C(=O)O)CCN(Cc3ccccc3)CC2)cc1.CC#CCOc1ccc(S(=O)(=O)CC2(C(=O)O)CCN(Cc3ccccc3)CC2)cc1. The number of hydrogen-bond acceptors (Lipinski definition) is 10. The second-order valence-corrected chi connectivity index (χ2v) is 19.6. The summed E-state index contributed by atoms with van der Waals surface area (Å²) in [5, 5.41) is 19.8. The van der Waals surface area contributed by atoms with Crippen LogP contribution >= 0.6 is 0 Å². The van der Waals surface area contributed by atoms with Gasteiger partial charge in [0.15, 0.2) is 19.7 Å². The number of carboxylic acids is 2. The lowest BCUT2D eigenvalue weighted by atomic mass is 9.80. The molecule has 2 aliphatic heterocycles. The number of rotatable bonds is 16. The average molecular weight is 883 g/mol. The van der Waals surface area contributed by atoms with Gasteiger partial charge in [0.25, 0.3) is 0 Å². The fourth-order valence-electron chi connectivity index (χ4n) is 7.57. The fourth-order valence-corrected chi connectivity index (χ4v) is 11.3. The Morgan fingerprint density at radius 3 is 1.16 bits per heavy atom. The number of nitrogens with zero attached hydrogens (tertiary/aromatic N) is 2. The number of aliphatic carboxylic acids is 2. The second kappa shape index (κ2) is 21.9. The molecule has 2 N–H and O–H groups in total. The highest BCUT2D eigenvalue weighted by Crippen LogP contribution is 2.37. The van der Waals surface area contributed by atoms with Crippen molar-refractivity contribution in [2.24, 2.45) is 10.8 Å². The molecule has 0 aliphatic carbocycles. The van der Waals surface area contributed by atoms with Gasteiger partial charge in [-0.3, -0.25) is 19.4 Å². The lowest BCUT2D eigenvalue weighted by Gasteiger charge is -2.38. The van der Waals surface area contributed by atoms with E-state index in [1.54, 1.807) is 38.1 Å². The van der Waals surface area contributed by atoms with E-state index in [2.05, 4.69) is 33.5 Å². The first-order valence-corrected chi connectivity index (χ1v) is 23.7. The summed E-state index contributed by atoms with van der Waals surface area (Å²) in [7, 11) is -7.53. The van der Waals surface area contributed by atoms with E-state index >= 15 is 0 Å². The highest BCUT2D eigenvalue weighted by Gasteiger charge is 2.46. The van der Waals surface area contributed by atoms with E-state index in [9.17, 15) is 36.6 Å². The Morgan fingerprint density at radius 2 is 0.871 bits per heavy atom. The van der Waals surface area contributed by atoms with E-state index in [1.807, 2.05) is 60.7 Å². The fraction of sp³-hybridized carbons (Fsp3) is 0.375. The number of hydrogen-bond donors (Lipinski definition) is 2. The van der Waals surface area contributed by atoms with Crippen molar-refractivity contribution >= 4 is 31.6 Å². The van der Waals surface area contributed by atoms with Crippen molar-refractivity contribution in [1.82, 2.24) is 9.80 Å². The molecule has 0 aromatic heterocycles. The van der Waals surface area contributed by atoms with Crippen LogP contribution < -0.4 is 9.47 Å². The number of likely N-dealkylation sites (tertiary alicyclic amines) is 2. The Kier molecular flexibility index (Phi) is 16.8. The molecule has 4 aromatic carbocycles. The average Bonchev–Trinajstić information content (AvgIpc) is 3.26. The first kappa shape index (κ1) is 47.4. The van der Waals surface area contributed by atoms with Gasteiger partial charge >= 0.3 is 11.9 Å². The van der Waals surface area contributed by atoms with Crippen LogP contribution in [-0.4, -0.2) is 99.7 Å². The van der Waals surface area contributed by atoms with Crippen molar-refractivity contribution < 1.29 is 46.1 Å². The van der Waals surface area contributed by atoms with Crippen LogP contribution in [0.15, 0.2) is 119 Å². The summed E-state index contributed by atoms with van der Waals surface area (Å²) < 4.78 is 62.9. The molecule has 0 bridgehead atoms. The molecule has 0 radical (unpaired) electrons. The highest BCUT2D eigenvalue weighted by molar-refractivity contribution is 7.91. The van der Waals surface area contributed by atoms with E-state index < -0.39 is 53.9 Å². The molecule has 0 amide bonds. The quantitative estimate of drug-likeness (QED) is 0.118. The molecule has 62 heavy (non-hydrogen) atoms. The zero-order chi connectivity index (χ0) is 44.6. The van der Waals surface area contributed by atoms with Crippen molar-refractivity contribution in [1.29, 1.82) is 0 Å². The minimum absolute atomic E-state index is 0.105. The molecule has 4 aromatic rings. The Morgan fingerprint density at radius 1 is 0.548 bits per heavy atom. The molecule has 328 valence electrons. The molecule has 12 nitrogen and oxygen atoms in total. The molecular formula is C48H54N2O10S2. The van der Waals surface area contributed by atoms with E-state index in [0.29, 0.717) is 63.4 Å². The van der Waals surface area contributed by atoms with Crippen molar-refractivity contribution in [3.05, 3.63) is 120 Å². The van der Waals surface area contributed by atoms with E-state index in [1.165, 1.54) is 24.3 Å². The number of carboxylic acid groups (broad SMARTS) is 2. The van der Waals surface area contributed by atoms with E-state index in [4.69, 9.17) is 9.47 Å². The van der Waals surface area contributed by atoms with Crippen LogP contribution in [0.3, 0.4) is 0 Å². The molecule has 6 rings (SSSR count). The molecule has 2 saturated heterocycles. The maximum Gasteiger partial charge on any atom is 0.310 e. The van der Waals surface area contributed by atoms with Gasteiger partial charge < -0.3 is 19.7 Å². The van der Waals surface area contributed by atoms with Gasteiger partial charge in [-0.05, 0) is 125 Å². The molecule has 2 aliphatic rings. The van der Waals surface area contributed by atoms with Crippen LogP contribution in [0.4, 0.5) is 0 Å². The number of sulfone groups is 2. The van der Waals surface area contributed by atoms with Crippen LogP contribution in [0.2, 0.25) is 0 Å². The lowest BCUT2D eigenvalue weighted by molar-refractivity contribution is -0.151. The van der Waals surface area contributed by atoms with E-state index in [0.717, 1.165) is 24.2 Å². The van der Waals surface area contributed by atoms with Gasteiger partial charge in [-0.2, -0.15) is 0 Å². The zero-order valence-corrected chi connectivity index (χ0v) is 36.8. The summed E-state index contributed by atoms with van der Waals surface area (Å²) in [4.78, 5) is 28.8. The third-order valence-electron chi connectivity index (χ3n) is 11.3. The molecule has 2 fully saturated rings. The molecule has 2 heterocycles.